The van der Waals surface area contributed by atoms with Crippen LogP contribution < -0.4 is 4.74 Å². The topological polar surface area (TPSA) is 85.3 Å². The summed E-state index contributed by atoms with van der Waals surface area (Å²) in [5.41, 5.74) is 0.276. The summed E-state index contributed by atoms with van der Waals surface area (Å²) in [6.45, 7) is 2.23. The van der Waals surface area contributed by atoms with E-state index in [4.69, 9.17) is 4.74 Å². The molecular formula is C15H17FN4O3S. The highest BCUT2D eigenvalue weighted by Gasteiger charge is 2.34. The third-order valence-electron chi connectivity index (χ3n) is 3.82. The lowest BCUT2D eigenvalue weighted by Crippen LogP contribution is -2.31. The Labute approximate surface area is 139 Å². The number of rotatable bonds is 5. The number of pyridine rings is 1. The standard InChI is InChI=1S/C15H17FN4O3S/c1-2-13-14(16)15(19-10-18-13)23-11-5-7-20(9-11)24(21,22)12-4-3-6-17-8-12/h3-4,6,8,10-11H,2,5,7,9H2,1H3. The Morgan fingerprint density at radius 3 is 2.96 bits per heavy atom. The molecule has 1 saturated heterocycles. The zero-order valence-corrected chi connectivity index (χ0v) is 13.9. The van der Waals surface area contributed by atoms with Crippen molar-refractivity contribution in [2.24, 2.45) is 0 Å². The molecule has 2 aromatic heterocycles. The molecule has 0 saturated carbocycles. The molecule has 0 aromatic carbocycles. The average Bonchev–Trinajstić information content (AvgIpc) is 3.07. The van der Waals surface area contributed by atoms with Crippen LogP contribution in [0.25, 0.3) is 0 Å². The van der Waals surface area contributed by atoms with Gasteiger partial charge in [-0.2, -0.15) is 13.7 Å². The van der Waals surface area contributed by atoms with E-state index in [1.54, 1.807) is 13.0 Å². The number of halogens is 1. The fourth-order valence-corrected chi connectivity index (χ4v) is 3.99. The fraction of sp³-hybridized carbons (Fsp3) is 0.400. The molecule has 0 spiro atoms. The highest BCUT2D eigenvalue weighted by molar-refractivity contribution is 7.89. The number of hydrogen-bond acceptors (Lipinski definition) is 6. The third-order valence-corrected chi connectivity index (χ3v) is 5.67. The second-order valence-electron chi connectivity index (χ2n) is 5.37. The van der Waals surface area contributed by atoms with Crippen molar-refractivity contribution in [2.75, 3.05) is 13.1 Å². The van der Waals surface area contributed by atoms with Crippen LogP contribution in [0.15, 0.2) is 35.7 Å². The number of aromatic nitrogens is 3. The fourth-order valence-electron chi connectivity index (χ4n) is 2.54. The number of hydrogen-bond donors (Lipinski definition) is 0. The van der Waals surface area contributed by atoms with Gasteiger partial charge in [-0.1, -0.05) is 6.92 Å². The van der Waals surface area contributed by atoms with Gasteiger partial charge in [0.2, 0.25) is 15.8 Å². The van der Waals surface area contributed by atoms with Crippen LogP contribution in [0.1, 0.15) is 19.0 Å². The van der Waals surface area contributed by atoms with Crippen molar-refractivity contribution >= 4 is 10.0 Å². The Morgan fingerprint density at radius 1 is 1.42 bits per heavy atom. The van der Waals surface area contributed by atoms with Gasteiger partial charge in [0.15, 0.2) is 0 Å². The highest BCUT2D eigenvalue weighted by Crippen LogP contribution is 2.24. The summed E-state index contributed by atoms with van der Waals surface area (Å²) >= 11 is 0. The van der Waals surface area contributed by atoms with E-state index in [1.807, 2.05) is 0 Å². The van der Waals surface area contributed by atoms with Crippen molar-refractivity contribution in [3.63, 3.8) is 0 Å². The molecule has 0 N–H and O–H groups in total. The summed E-state index contributed by atoms with van der Waals surface area (Å²) in [5.74, 6) is -0.721. The molecular weight excluding hydrogens is 335 g/mol. The smallest absolute Gasteiger partial charge is 0.254 e. The van der Waals surface area contributed by atoms with Crippen LogP contribution in [-0.4, -0.2) is 46.9 Å². The maximum absolute atomic E-state index is 14.1. The molecule has 2 aromatic rings. The monoisotopic (exact) mass is 352 g/mol. The lowest BCUT2D eigenvalue weighted by Gasteiger charge is -2.17. The van der Waals surface area contributed by atoms with Gasteiger partial charge in [-0.3, -0.25) is 4.98 Å². The van der Waals surface area contributed by atoms with Crippen LogP contribution in [0, 0.1) is 5.82 Å². The van der Waals surface area contributed by atoms with E-state index in [0.717, 1.165) is 0 Å². The summed E-state index contributed by atoms with van der Waals surface area (Å²) in [6, 6.07) is 3.06. The quantitative estimate of drug-likeness (QED) is 0.809. The molecule has 3 rings (SSSR count). The molecule has 1 atom stereocenters. The van der Waals surface area contributed by atoms with Crippen LogP contribution in [0.5, 0.6) is 5.88 Å². The van der Waals surface area contributed by atoms with E-state index in [-0.39, 0.29) is 23.0 Å². The van der Waals surface area contributed by atoms with E-state index in [2.05, 4.69) is 15.0 Å². The largest absolute Gasteiger partial charge is 0.471 e. The first-order valence-corrected chi connectivity index (χ1v) is 9.02. The summed E-state index contributed by atoms with van der Waals surface area (Å²) < 4.78 is 46.1. The van der Waals surface area contributed by atoms with Gasteiger partial charge in [0, 0.05) is 18.9 Å². The van der Waals surface area contributed by atoms with Crippen LogP contribution in [-0.2, 0) is 16.4 Å². The summed E-state index contributed by atoms with van der Waals surface area (Å²) in [6.07, 6.45) is 4.50. The second kappa shape index (κ2) is 6.78. The van der Waals surface area contributed by atoms with Crippen molar-refractivity contribution in [3.8, 4) is 5.88 Å². The lowest BCUT2D eigenvalue weighted by atomic mass is 10.3. The zero-order chi connectivity index (χ0) is 17.2. The molecule has 7 nitrogen and oxygen atoms in total. The average molecular weight is 352 g/mol. The number of aryl methyl sites for hydroxylation is 1. The molecule has 0 radical (unpaired) electrons. The van der Waals surface area contributed by atoms with Gasteiger partial charge in [-0.15, -0.1) is 0 Å². The van der Waals surface area contributed by atoms with Crippen molar-refractivity contribution < 1.29 is 17.5 Å². The van der Waals surface area contributed by atoms with E-state index < -0.39 is 21.9 Å². The zero-order valence-electron chi connectivity index (χ0n) is 13.1. The summed E-state index contributed by atoms with van der Waals surface area (Å²) in [7, 11) is -3.62. The van der Waals surface area contributed by atoms with Gasteiger partial charge in [0.05, 0.1) is 12.2 Å². The minimum atomic E-state index is -3.62. The van der Waals surface area contributed by atoms with Crippen LogP contribution >= 0.6 is 0 Å². The molecule has 1 aliphatic heterocycles. The second-order valence-corrected chi connectivity index (χ2v) is 7.31. The van der Waals surface area contributed by atoms with E-state index in [0.29, 0.717) is 19.4 Å². The molecule has 0 aliphatic carbocycles. The van der Waals surface area contributed by atoms with E-state index in [1.165, 1.54) is 29.1 Å². The summed E-state index contributed by atoms with van der Waals surface area (Å²) in [5, 5.41) is 0. The maximum Gasteiger partial charge on any atom is 0.254 e. The Balaban J connectivity index is 1.72. The first kappa shape index (κ1) is 16.7. The molecule has 24 heavy (non-hydrogen) atoms. The SMILES string of the molecule is CCc1ncnc(OC2CCN(S(=O)(=O)c3cccnc3)C2)c1F. The van der Waals surface area contributed by atoms with Crippen LogP contribution in [0.3, 0.4) is 0 Å². The van der Waals surface area contributed by atoms with Crippen LogP contribution in [0.4, 0.5) is 4.39 Å². The molecule has 3 heterocycles. The first-order chi connectivity index (χ1) is 11.5. The Bertz CT molecular complexity index is 817. The van der Waals surface area contributed by atoms with Crippen molar-refractivity contribution in [3.05, 3.63) is 42.4 Å². The minimum absolute atomic E-state index is 0.132. The van der Waals surface area contributed by atoms with Crippen molar-refractivity contribution in [2.45, 2.75) is 30.8 Å². The van der Waals surface area contributed by atoms with Gasteiger partial charge in [-0.25, -0.2) is 13.4 Å². The Morgan fingerprint density at radius 2 is 2.25 bits per heavy atom. The molecule has 128 valence electrons. The number of sulfonamides is 1. The van der Waals surface area contributed by atoms with Crippen molar-refractivity contribution in [1.29, 1.82) is 0 Å². The maximum atomic E-state index is 14.1. The highest BCUT2D eigenvalue weighted by atomic mass is 32.2. The van der Waals surface area contributed by atoms with Gasteiger partial charge in [0.1, 0.15) is 17.3 Å². The molecule has 0 bridgehead atoms. The molecule has 1 fully saturated rings. The van der Waals surface area contributed by atoms with Gasteiger partial charge < -0.3 is 4.74 Å². The van der Waals surface area contributed by atoms with Crippen molar-refractivity contribution in [1.82, 2.24) is 19.3 Å². The van der Waals surface area contributed by atoms with Gasteiger partial charge >= 0.3 is 0 Å². The lowest BCUT2D eigenvalue weighted by molar-refractivity contribution is 0.195. The molecule has 9 heteroatoms. The predicted octanol–water partition coefficient (Wildman–Crippen LogP) is 1.42. The van der Waals surface area contributed by atoms with E-state index in [9.17, 15) is 12.8 Å². The number of ether oxygens (including phenoxy) is 1. The number of nitrogens with zero attached hydrogens (tertiary/aromatic N) is 4. The third kappa shape index (κ3) is 3.22. The van der Waals surface area contributed by atoms with Gasteiger partial charge in [-0.05, 0) is 25.0 Å². The Kier molecular flexibility index (Phi) is 4.72. The molecule has 1 aliphatic rings. The summed E-state index contributed by atoms with van der Waals surface area (Å²) in [4.78, 5) is 11.6. The molecule has 1 unspecified atom stereocenters. The van der Waals surface area contributed by atoms with Gasteiger partial charge in [0.25, 0.3) is 5.88 Å². The minimum Gasteiger partial charge on any atom is -0.471 e. The first-order valence-electron chi connectivity index (χ1n) is 7.58. The van der Waals surface area contributed by atoms with Crippen LogP contribution in [0.2, 0.25) is 0 Å². The Hall–Kier alpha value is -2.13. The normalized spacial score (nSPS) is 18.7. The predicted molar refractivity (Wildman–Crippen MR) is 83.4 cm³/mol. The van der Waals surface area contributed by atoms with E-state index >= 15 is 0 Å². The molecule has 0 amide bonds.